The van der Waals surface area contributed by atoms with Gasteiger partial charge in [-0.25, -0.2) is 4.68 Å². The van der Waals surface area contributed by atoms with Gasteiger partial charge in [0.25, 0.3) is 5.89 Å². The summed E-state index contributed by atoms with van der Waals surface area (Å²) in [6, 6.07) is 8.11. The Kier molecular flexibility index (Phi) is 4.69. The van der Waals surface area contributed by atoms with Crippen molar-refractivity contribution in [1.82, 2.24) is 25.2 Å². The van der Waals surface area contributed by atoms with E-state index in [4.69, 9.17) is 16.1 Å². The van der Waals surface area contributed by atoms with Gasteiger partial charge in [0.1, 0.15) is 0 Å². The molecule has 7 heteroatoms. The first-order valence-electron chi connectivity index (χ1n) is 7.82. The summed E-state index contributed by atoms with van der Waals surface area (Å²) in [5.74, 6) is 1.22. The number of likely N-dealkylation sites (N-methyl/N-ethyl adjacent to an activating group) is 1. The summed E-state index contributed by atoms with van der Waals surface area (Å²) in [7, 11) is 1.91. The molecule has 2 aromatic heterocycles. The predicted octanol–water partition coefficient (Wildman–Crippen LogP) is 3.34. The molecule has 0 bridgehead atoms. The first-order chi connectivity index (χ1) is 11.5. The smallest absolute Gasteiger partial charge is 0.257 e. The van der Waals surface area contributed by atoms with Gasteiger partial charge in [0, 0.05) is 18.0 Å². The average molecular weight is 346 g/mol. The lowest BCUT2D eigenvalue weighted by Crippen LogP contribution is -2.24. The Morgan fingerprint density at radius 2 is 1.96 bits per heavy atom. The number of hydrogen-bond donors (Lipinski definition) is 1. The summed E-state index contributed by atoms with van der Waals surface area (Å²) >= 11 is 6.21. The number of aromatic nitrogens is 4. The number of aryl methyl sites for hydroxylation is 1. The highest BCUT2D eigenvalue weighted by atomic mass is 35.5. The molecule has 3 rings (SSSR count). The van der Waals surface area contributed by atoms with E-state index in [2.05, 4.69) is 27.5 Å². The van der Waals surface area contributed by atoms with Gasteiger partial charge in [0.05, 0.1) is 22.1 Å². The molecule has 1 atom stereocenters. The van der Waals surface area contributed by atoms with Gasteiger partial charge >= 0.3 is 0 Å². The fourth-order valence-electron chi connectivity index (χ4n) is 2.45. The largest absolute Gasteiger partial charge is 0.334 e. The van der Waals surface area contributed by atoms with Crippen LogP contribution in [-0.4, -0.2) is 33.0 Å². The maximum Gasteiger partial charge on any atom is 0.257 e. The number of nitrogens with one attached hydrogen (secondary N) is 1. The Morgan fingerprint density at radius 1 is 1.25 bits per heavy atom. The van der Waals surface area contributed by atoms with Gasteiger partial charge < -0.3 is 9.84 Å². The van der Waals surface area contributed by atoms with Crippen molar-refractivity contribution in [2.24, 2.45) is 0 Å². The molecule has 0 fully saturated rings. The zero-order chi connectivity index (χ0) is 17.3. The van der Waals surface area contributed by atoms with Gasteiger partial charge in [-0.2, -0.15) is 10.1 Å². The van der Waals surface area contributed by atoms with Crippen LogP contribution in [0.15, 0.2) is 28.8 Å². The topological polar surface area (TPSA) is 68.8 Å². The maximum absolute atomic E-state index is 6.21. The van der Waals surface area contributed by atoms with E-state index in [-0.39, 0.29) is 0 Å². The van der Waals surface area contributed by atoms with Crippen molar-refractivity contribution in [3.05, 3.63) is 46.5 Å². The number of halogens is 1. The minimum Gasteiger partial charge on any atom is -0.334 e. The molecule has 0 saturated carbocycles. The molecule has 24 heavy (non-hydrogen) atoms. The molecule has 6 nitrogen and oxygen atoms in total. The zero-order valence-electron chi connectivity index (χ0n) is 14.2. The summed E-state index contributed by atoms with van der Waals surface area (Å²) < 4.78 is 7.18. The Bertz CT molecular complexity index is 837. The molecule has 126 valence electrons. The lowest BCUT2D eigenvalue weighted by Gasteiger charge is -2.05. The zero-order valence-corrected chi connectivity index (χ0v) is 14.9. The van der Waals surface area contributed by atoms with Crippen LogP contribution < -0.4 is 5.32 Å². The molecular weight excluding hydrogens is 326 g/mol. The van der Waals surface area contributed by atoms with Crippen LogP contribution in [0, 0.1) is 13.8 Å². The third-order valence-corrected chi connectivity index (χ3v) is 4.56. The van der Waals surface area contributed by atoms with E-state index in [9.17, 15) is 0 Å². The Labute approximate surface area is 145 Å². The molecule has 1 N–H and O–H groups in total. The minimum atomic E-state index is 0.300. The van der Waals surface area contributed by atoms with Gasteiger partial charge in [-0.05, 0) is 52.1 Å². The van der Waals surface area contributed by atoms with Crippen LogP contribution in [0.5, 0.6) is 0 Å². The van der Waals surface area contributed by atoms with Crippen molar-refractivity contribution in [2.75, 3.05) is 7.05 Å². The summed E-state index contributed by atoms with van der Waals surface area (Å²) in [6.45, 7) is 5.92. The number of nitrogens with zero attached hydrogens (tertiary/aromatic N) is 4. The summed E-state index contributed by atoms with van der Waals surface area (Å²) in [5, 5.41) is 12.3. The minimum absolute atomic E-state index is 0.300. The van der Waals surface area contributed by atoms with E-state index in [0.717, 1.165) is 29.1 Å². The Hall–Kier alpha value is -2.18. The fraction of sp³-hybridized carbons (Fsp3) is 0.353. The molecule has 0 saturated heterocycles. The average Bonchev–Trinajstić information content (AvgIpc) is 3.15. The molecule has 1 unspecified atom stereocenters. The molecule has 0 amide bonds. The molecule has 0 radical (unpaired) electrons. The lowest BCUT2D eigenvalue weighted by atomic mass is 10.2. The quantitative estimate of drug-likeness (QED) is 0.768. The third kappa shape index (κ3) is 3.20. The first-order valence-corrected chi connectivity index (χ1v) is 8.19. The van der Waals surface area contributed by atoms with E-state index in [1.54, 1.807) is 0 Å². The van der Waals surface area contributed by atoms with Crippen molar-refractivity contribution in [3.8, 4) is 17.1 Å². The Morgan fingerprint density at radius 3 is 2.54 bits per heavy atom. The molecular formula is C17H20ClN5O. The second kappa shape index (κ2) is 6.75. The second-order valence-corrected chi connectivity index (χ2v) is 6.23. The molecule has 0 aliphatic rings. The van der Waals surface area contributed by atoms with Crippen LogP contribution in [0.25, 0.3) is 17.1 Å². The van der Waals surface area contributed by atoms with Crippen molar-refractivity contribution < 1.29 is 4.52 Å². The molecule has 0 spiro atoms. The molecule has 1 aromatic carbocycles. The van der Waals surface area contributed by atoms with Gasteiger partial charge in [-0.15, -0.1) is 0 Å². The SMILES string of the molecule is CNC(C)Cc1noc(-c2ccc(-n3nc(C)c(Cl)c3C)cc2)n1. The van der Waals surface area contributed by atoms with E-state index < -0.39 is 0 Å². The summed E-state index contributed by atoms with van der Waals surface area (Å²) in [4.78, 5) is 4.45. The molecule has 2 heterocycles. The highest BCUT2D eigenvalue weighted by Crippen LogP contribution is 2.24. The highest BCUT2D eigenvalue weighted by molar-refractivity contribution is 6.31. The monoisotopic (exact) mass is 345 g/mol. The summed E-state index contributed by atoms with van der Waals surface area (Å²) in [6.07, 6.45) is 0.725. The molecule has 3 aromatic rings. The lowest BCUT2D eigenvalue weighted by molar-refractivity contribution is 0.418. The van der Waals surface area contributed by atoms with Crippen molar-refractivity contribution in [3.63, 3.8) is 0 Å². The number of benzene rings is 1. The second-order valence-electron chi connectivity index (χ2n) is 5.85. The van der Waals surface area contributed by atoms with Crippen molar-refractivity contribution >= 4 is 11.6 Å². The van der Waals surface area contributed by atoms with Crippen molar-refractivity contribution in [1.29, 1.82) is 0 Å². The van der Waals surface area contributed by atoms with Crippen LogP contribution >= 0.6 is 11.6 Å². The van der Waals surface area contributed by atoms with Crippen LogP contribution in [0.4, 0.5) is 0 Å². The number of hydrogen-bond acceptors (Lipinski definition) is 5. The van der Waals surface area contributed by atoms with Crippen molar-refractivity contribution in [2.45, 2.75) is 33.2 Å². The van der Waals surface area contributed by atoms with Crippen LogP contribution in [-0.2, 0) is 6.42 Å². The fourth-order valence-corrected chi connectivity index (χ4v) is 2.57. The van der Waals surface area contributed by atoms with Crippen LogP contribution in [0.2, 0.25) is 5.02 Å². The van der Waals surface area contributed by atoms with E-state index in [1.165, 1.54) is 0 Å². The maximum atomic E-state index is 6.21. The van der Waals surface area contributed by atoms with Gasteiger partial charge in [-0.3, -0.25) is 0 Å². The van der Waals surface area contributed by atoms with Crippen LogP contribution in [0.1, 0.15) is 24.1 Å². The van der Waals surface area contributed by atoms with Gasteiger partial charge in [-0.1, -0.05) is 16.8 Å². The summed E-state index contributed by atoms with van der Waals surface area (Å²) in [5.41, 5.74) is 3.55. The van der Waals surface area contributed by atoms with E-state index in [0.29, 0.717) is 22.8 Å². The van der Waals surface area contributed by atoms with E-state index >= 15 is 0 Å². The normalized spacial score (nSPS) is 12.5. The standard InChI is InChI=1S/C17H20ClN5O/c1-10(19-4)9-15-20-17(24-22-15)13-5-7-14(8-6-13)23-12(3)16(18)11(2)21-23/h5-8,10,19H,9H2,1-4H3. The molecule has 0 aliphatic carbocycles. The van der Waals surface area contributed by atoms with E-state index in [1.807, 2.05) is 49.8 Å². The Balaban J connectivity index is 1.83. The van der Waals surface area contributed by atoms with Gasteiger partial charge in [0.15, 0.2) is 5.82 Å². The third-order valence-electron chi connectivity index (χ3n) is 4.01. The highest BCUT2D eigenvalue weighted by Gasteiger charge is 2.13. The van der Waals surface area contributed by atoms with Gasteiger partial charge in [0.2, 0.25) is 0 Å². The predicted molar refractivity (Wildman–Crippen MR) is 93.6 cm³/mol. The first kappa shape index (κ1) is 16.7. The number of rotatable bonds is 5. The van der Waals surface area contributed by atoms with Crippen LogP contribution in [0.3, 0.4) is 0 Å². The molecule has 0 aliphatic heterocycles.